The molecule has 170 valence electrons. The van der Waals surface area contributed by atoms with Crippen LogP contribution in [0.1, 0.15) is 63.4 Å². The zero-order valence-electron chi connectivity index (χ0n) is 18.3. The topological polar surface area (TPSA) is 93.3 Å². The molecule has 0 aromatic carbocycles. The average molecular weight is 445 g/mol. The average Bonchev–Trinajstić information content (AvgIpc) is 2.66. The van der Waals surface area contributed by atoms with Gasteiger partial charge in [0.2, 0.25) is 5.91 Å². The number of pyridine rings is 2. The number of hydrogen-bond donors (Lipinski definition) is 2. The van der Waals surface area contributed by atoms with Crippen molar-refractivity contribution in [2.45, 2.75) is 64.5 Å². The molecule has 2 aromatic rings. The van der Waals surface area contributed by atoms with E-state index in [2.05, 4.69) is 31.1 Å². The number of anilines is 2. The molecule has 0 radical (unpaired) electrons. The first-order chi connectivity index (χ1) is 14.9. The molecule has 1 aliphatic carbocycles. The lowest BCUT2D eigenvalue weighted by Crippen LogP contribution is -2.47. The summed E-state index contributed by atoms with van der Waals surface area (Å²) in [5.74, 6) is -0.434. The number of nitrogens with zero attached hydrogens (tertiary/aromatic N) is 3. The molecule has 3 N–H and O–H groups in total. The highest BCUT2D eigenvalue weighted by Crippen LogP contribution is 2.45. The summed E-state index contributed by atoms with van der Waals surface area (Å²) in [6.45, 7) is 6.40. The Labute approximate surface area is 184 Å². The van der Waals surface area contributed by atoms with Crippen LogP contribution in [0.3, 0.4) is 0 Å². The van der Waals surface area contributed by atoms with Crippen LogP contribution in [-0.4, -0.2) is 21.6 Å². The fourth-order valence-corrected chi connectivity index (χ4v) is 4.13. The van der Waals surface area contributed by atoms with E-state index in [1.54, 1.807) is 0 Å². The number of halogens is 3. The lowest BCUT2D eigenvalue weighted by atomic mass is 9.65. The summed E-state index contributed by atoms with van der Waals surface area (Å²) < 4.78 is 38.6. The molecule has 9 heteroatoms. The number of aromatic nitrogens is 2. The minimum atomic E-state index is -4.55. The number of hydrogen-bond acceptors (Lipinski definition) is 5. The molecule has 1 saturated carbocycles. The highest BCUT2D eigenvalue weighted by molar-refractivity contribution is 6.00. The molecule has 1 amide bonds. The van der Waals surface area contributed by atoms with E-state index < -0.39 is 17.2 Å². The number of carbonyl (C=O) groups is 1. The third kappa shape index (κ3) is 3.96. The van der Waals surface area contributed by atoms with E-state index >= 15 is 0 Å². The number of nitrogens with two attached hydrogens (primary N) is 1. The fourth-order valence-electron chi connectivity index (χ4n) is 4.13. The lowest BCUT2D eigenvalue weighted by Gasteiger charge is -2.40. The van der Waals surface area contributed by atoms with Crippen LogP contribution in [0.2, 0.25) is 0 Å². The second-order valence-corrected chi connectivity index (χ2v) is 9.52. The largest absolute Gasteiger partial charge is 0.417 e. The first-order valence-corrected chi connectivity index (χ1v) is 10.6. The van der Waals surface area contributed by atoms with E-state index in [9.17, 15) is 18.0 Å². The predicted molar refractivity (Wildman–Crippen MR) is 117 cm³/mol. The SMILES string of the molecule is CC(C)(C)C1=Nc2ccc(C3(C(=O)Nc4ncc(C(F)(F)F)cc4N)CCC3)nc2CC1. The molecule has 0 spiro atoms. The number of nitrogens with one attached hydrogen (secondary N) is 1. The van der Waals surface area contributed by atoms with Crippen molar-refractivity contribution < 1.29 is 18.0 Å². The second kappa shape index (κ2) is 7.56. The summed E-state index contributed by atoms with van der Waals surface area (Å²) >= 11 is 0. The Kier molecular flexibility index (Phi) is 5.26. The van der Waals surface area contributed by atoms with Gasteiger partial charge in [-0.2, -0.15) is 13.2 Å². The molecule has 2 aromatic heterocycles. The molecule has 4 rings (SSSR count). The van der Waals surface area contributed by atoms with Gasteiger partial charge < -0.3 is 11.1 Å². The summed E-state index contributed by atoms with van der Waals surface area (Å²) in [5, 5.41) is 2.63. The van der Waals surface area contributed by atoms with E-state index in [0.717, 1.165) is 42.4 Å². The van der Waals surface area contributed by atoms with Crippen molar-refractivity contribution in [2.24, 2.45) is 10.4 Å². The van der Waals surface area contributed by atoms with Crippen LogP contribution >= 0.6 is 0 Å². The molecule has 1 aliphatic heterocycles. The molecule has 32 heavy (non-hydrogen) atoms. The second-order valence-electron chi connectivity index (χ2n) is 9.52. The standard InChI is InChI=1S/C23H26F3N5O/c1-21(2,3)17-7-5-16-15(29-17)6-8-18(30-16)22(9-4-10-22)20(32)31-19-14(27)11-13(12-28-19)23(24,25)26/h6,8,11-12H,4-5,7,9-10,27H2,1-3H3,(H,28,31,32). The third-order valence-corrected chi connectivity index (χ3v) is 6.28. The van der Waals surface area contributed by atoms with Crippen LogP contribution in [0.15, 0.2) is 29.4 Å². The maximum Gasteiger partial charge on any atom is 0.417 e. The van der Waals surface area contributed by atoms with E-state index in [0.29, 0.717) is 24.7 Å². The summed E-state index contributed by atoms with van der Waals surface area (Å²) in [6, 6.07) is 4.51. The maximum atomic E-state index is 13.2. The summed E-state index contributed by atoms with van der Waals surface area (Å²) in [5.41, 5.74) is 7.15. The van der Waals surface area contributed by atoms with E-state index in [1.165, 1.54) is 0 Å². The summed E-state index contributed by atoms with van der Waals surface area (Å²) in [4.78, 5) is 26.5. The van der Waals surface area contributed by atoms with Gasteiger partial charge in [-0.05, 0) is 43.9 Å². The van der Waals surface area contributed by atoms with E-state index in [1.807, 2.05) is 12.1 Å². The normalized spacial score (nSPS) is 17.8. The molecule has 0 saturated heterocycles. The smallest absolute Gasteiger partial charge is 0.396 e. The molecule has 0 atom stereocenters. The first-order valence-electron chi connectivity index (χ1n) is 10.6. The monoisotopic (exact) mass is 445 g/mol. The predicted octanol–water partition coefficient (Wildman–Crippen LogP) is 5.20. The quantitative estimate of drug-likeness (QED) is 0.679. The molecule has 1 fully saturated rings. The Hall–Kier alpha value is -2.97. The summed E-state index contributed by atoms with van der Waals surface area (Å²) in [6.07, 6.45) is -0.261. The van der Waals surface area contributed by atoms with Crippen molar-refractivity contribution in [3.05, 3.63) is 41.3 Å². The molecule has 0 bridgehead atoms. The zero-order chi connectivity index (χ0) is 23.3. The van der Waals surface area contributed by atoms with Gasteiger partial charge in [0.05, 0.1) is 33.7 Å². The minimum absolute atomic E-state index is 0.0139. The highest BCUT2D eigenvalue weighted by Gasteiger charge is 2.47. The number of fused-ring (bicyclic) bond motifs is 1. The van der Waals surface area contributed by atoms with Crippen LogP contribution in [-0.2, 0) is 22.8 Å². The van der Waals surface area contributed by atoms with Gasteiger partial charge in [0.1, 0.15) is 0 Å². The molecule has 2 aliphatic rings. The molecule has 0 unspecified atom stereocenters. The lowest BCUT2D eigenvalue weighted by molar-refractivity contribution is -0.137. The van der Waals surface area contributed by atoms with Crippen molar-refractivity contribution in [1.82, 2.24) is 9.97 Å². The van der Waals surface area contributed by atoms with Gasteiger partial charge in [-0.1, -0.05) is 27.2 Å². The molecular formula is C23H26F3N5O. The van der Waals surface area contributed by atoms with Gasteiger partial charge in [0.15, 0.2) is 5.82 Å². The molecule has 3 heterocycles. The minimum Gasteiger partial charge on any atom is -0.396 e. The number of rotatable bonds is 3. The molecular weight excluding hydrogens is 419 g/mol. The number of aryl methyl sites for hydroxylation is 1. The Bertz CT molecular complexity index is 1100. The van der Waals surface area contributed by atoms with Crippen LogP contribution in [0, 0.1) is 5.41 Å². The number of alkyl halides is 3. The summed E-state index contributed by atoms with van der Waals surface area (Å²) in [7, 11) is 0. The first kappa shape index (κ1) is 22.2. The van der Waals surface area contributed by atoms with E-state index in [-0.39, 0.29) is 22.8 Å². The fraction of sp³-hybridized carbons (Fsp3) is 0.478. The third-order valence-electron chi connectivity index (χ3n) is 6.28. The van der Waals surface area contributed by atoms with Gasteiger partial charge in [0.25, 0.3) is 0 Å². The number of aliphatic imine (C=N–C) groups is 1. The molecule has 6 nitrogen and oxygen atoms in total. The van der Waals surface area contributed by atoms with Gasteiger partial charge >= 0.3 is 6.18 Å². The number of nitrogen functional groups attached to an aromatic ring is 1. The Balaban J connectivity index is 1.60. The zero-order valence-corrected chi connectivity index (χ0v) is 18.3. The van der Waals surface area contributed by atoms with E-state index in [4.69, 9.17) is 15.7 Å². The van der Waals surface area contributed by atoms with Gasteiger partial charge in [0, 0.05) is 17.3 Å². The van der Waals surface area contributed by atoms with Crippen LogP contribution in [0.25, 0.3) is 0 Å². The van der Waals surface area contributed by atoms with Crippen LogP contribution < -0.4 is 11.1 Å². The van der Waals surface area contributed by atoms with Crippen molar-refractivity contribution in [1.29, 1.82) is 0 Å². The Morgan fingerprint density at radius 2 is 1.88 bits per heavy atom. The van der Waals surface area contributed by atoms with Gasteiger partial charge in [-0.25, -0.2) is 4.98 Å². The highest BCUT2D eigenvalue weighted by atomic mass is 19.4. The number of carbonyl (C=O) groups excluding carboxylic acids is 1. The maximum absolute atomic E-state index is 13.2. The Morgan fingerprint density at radius 1 is 1.16 bits per heavy atom. The van der Waals surface area contributed by atoms with Crippen molar-refractivity contribution in [2.75, 3.05) is 11.1 Å². The van der Waals surface area contributed by atoms with Crippen LogP contribution in [0.5, 0.6) is 0 Å². The van der Waals surface area contributed by atoms with Crippen molar-refractivity contribution >= 4 is 28.8 Å². The van der Waals surface area contributed by atoms with Gasteiger partial charge in [-0.15, -0.1) is 0 Å². The van der Waals surface area contributed by atoms with Gasteiger partial charge in [-0.3, -0.25) is 14.8 Å². The Morgan fingerprint density at radius 3 is 2.44 bits per heavy atom. The number of amides is 1. The van der Waals surface area contributed by atoms with Crippen molar-refractivity contribution in [3.63, 3.8) is 0 Å². The van der Waals surface area contributed by atoms with Crippen LogP contribution in [0.4, 0.5) is 30.4 Å². The van der Waals surface area contributed by atoms with Crippen molar-refractivity contribution in [3.8, 4) is 0 Å².